The highest BCUT2D eigenvalue weighted by Crippen LogP contribution is 2.40. The molecule has 1 saturated carbocycles. The summed E-state index contributed by atoms with van der Waals surface area (Å²) in [5, 5.41) is 0.127. The quantitative estimate of drug-likeness (QED) is 0.402. The number of amides is 1. The number of halogens is 5. The zero-order chi connectivity index (χ0) is 23.0. The number of benzene rings is 2. The van der Waals surface area contributed by atoms with Crippen molar-refractivity contribution < 1.29 is 22.4 Å². The third-order valence-electron chi connectivity index (χ3n) is 5.87. The van der Waals surface area contributed by atoms with Crippen molar-refractivity contribution in [3.05, 3.63) is 58.6 Å². The first-order chi connectivity index (χ1) is 15.2. The van der Waals surface area contributed by atoms with Gasteiger partial charge in [0.15, 0.2) is 0 Å². The van der Waals surface area contributed by atoms with Crippen LogP contribution in [0.15, 0.2) is 36.4 Å². The van der Waals surface area contributed by atoms with Crippen LogP contribution in [0.25, 0.3) is 11.1 Å². The van der Waals surface area contributed by atoms with Crippen LogP contribution < -0.4 is 4.72 Å². The van der Waals surface area contributed by atoms with Gasteiger partial charge in [-0.3, -0.25) is 9.52 Å². The summed E-state index contributed by atoms with van der Waals surface area (Å²) in [4.78, 5) is 14.0. The van der Waals surface area contributed by atoms with E-state index in [1.54, 1.807) is 6.07 Å². The Kier molecular flexibility index (Phi) is 6.75. The lowest BCUT2D eigenvalue weighted by atomic mass is 9.95. The maximum atomic E-state index is 15.5. The van der Waals surface area contributed by atoms with Gasteiger partial charge in [-0.15, -0.1) is 0 Å². The van der Waals surface area contributed by atoms with Crippen LogP contribution in [0.4, 0.5) is 17.6 Å². The lowest BCUT2D eigenvalue weighted by Gasteiger charge is -2.28. The standard InChI is InChI=1S/C23H23ClF4N2OS/c1-2-32-29-21-19(30(12-23(21,27)28)22(31)13-6-7-13)10-14-4-3-5-18(20(14)26)15-8-16(24)11-17(25)9-15/h3-5,8-9,11,13,19,21,29H,2,6-7,10,12H2,1H3/t19-,21?/m0/s1. The largest absolute Gasteiger partial charge is 0.331 e. The molecule has 0 radical (unpaired) electrons. The number of likely N-dealkylation sites (tertiary alicyclic amines) is 1. The van der Waals surface area contributed by atoms with Gasteiger partial charge in [0.2, 0.25) is 5.91 Å². The predicted octanol–water partition coefficient (Wildman–Crippen LogP) is 5.71. The third-order valence-corrected chi connectivity index (χ3v) is 6.79. The van der Waals surface area contributed by atoms with E-state index in [1.165, 1.54) is 29.2 Å². The molecule has 0 aromatic heterocycles. The van der Waals surface area contributed by atoms with Crippen LogP contribution in [0.1, 0.15) is 25.3 Å². The first-order valence-electron chi connectivity index (χ1n) is 10.5. The lowest BCUT2D eigenvalue weighted by molar-refractivity contribution is -0.134. The lowest BCUT2D eigenvalue weighted by Crippen LogP contribution is -2.48. The van der Waals surface area contributed by atoms with E-state index in [-0.39, 0.29) is 40.0 Å². The SMILES string of the molecule is CCSNC1[C@H](Cc2cccc(-c3cc(F)cc(Cl)c3)c2F)N(C(=O)C2CC2)CC1(F)F. The van der Waals surface area contributed by atoms with Gasteiger partial charge in [0.1, 0.15) is 17.7 Å². The summed E-state index contributed by atoms with van der Waals surface area (Å²) in [6, 6.07) is 6.12. The van der Waals surface area contributed by atoms with Crippen LogP contribution in [0, 0.1) is 17.6 Å². The van der Waals surface area contributed by atoms with Crippen LogP contribution in [-0.2, 0) is 11.2 Å². The van der Waals surface area contributed by atoms with Crippen molar-refractivity contribution >= 4 is 29.5 Å². The predicted molar refractivity (Wildman–Crippen MR) is 119 cm³/mol. The van der Waals surface area contributed by atoms with Gasteiger partial charge in [-0.1, -0.05) is 48.7 Å². The number of nitrogens with one attached hydrogen (secondary N) is 1. The fourth-order valence-electron chi connectivity index (χ4n) is 4.17. The van der Waals surface area contributed by atoms with E-state index in [2.05, 4.69) is 4.72 Å². The molecule has 3 nitrogen and oxygen atoms in total. The Morgan fingerprint density at radius 1 is 1.25 bits per heavy atom. The van der Waals surface area contributed by atoms with Crippen molar-refractivity contribution in [3.8, 4) is 11.1 Å². The fourth-order valence-corrected chi connectivity index (χ4v) is 5.07. The Morgan fingerprint density at radius 2 is 2.00 bits per heavy atom. The molecule has 2 atom stereocenters. The molecule has 9 heteroatoms. The summed E-state index contributed by atoms with van der Waals surface area (Å²) in [7, 11) is 0. The van der Waals surface area contributed by atoms with Crippen LogP contribution >= 0.6 is 23.5 Å². The highest BCUT2D eigenvalue weighted by molar-refractivity contribution is 7.97. The molecule has 2 aromatic rings. The number of carbonyl (C=O) groups is 1. The van der Waals surface area contributed by atoms with E-state index < -0.39 is 36.2 Å². The third kappa shape index (κ3) is 4.77. The minimum absolute atomic E-state index is 0.0846. The number of carbonyl (C=O) groups excluding carboxylic acids is 1. The van der Waals surface area contributed by atoms with Gasteiger partial charge < -0.3 is 4.90 Å². The molecular weight excluding hydrogens is 464 g/mol. The molecule has 1 N–H and O–H groups in total. The first kappa shape index (κ1) is 23.4. The van der Waals surface area contributed by atoms with Gasteiger partial charge in [-0.2, -0.15) is 0 Å². The fraction of sp³-hybridized carbons (Fsp3) is 0.435. The van der Waals surface area contributed by atoms with Gasteiger partial charge in [0, 0.05) is 22.3 Å². The Bertz CT molecular complexity index is 997. The summed E-state index contributed by atoms with van der Waals surface area (Å²) >= 11 is 7.07. The second-order valence-electron chi connectivity index (χ2n) is 8.24. The molecule has 1 amide bonds. The molecular formula is C23H23ClF4N2OS. The van der Waals surface area contributed by atoms with Crippen molar-refractivity contribution in [3.63, 3.8) is 0 Å². The molecule has 2 aliphatic rings. The van der Waals surface area contributed by atoms with Crippen molar-refractivity contribution in [1.82, 2.24) is 9.62 Å². The zero-order valence-electron chi connectivity index (χ0n) is 17.4. The minimum Gasteiger partial charge on any atom is -0.331 e. The van der Waals surface area contributed by atoms with Crippen LogP contribution in [-0.4, -0.2) is 41.1 Å². The van der Waals surface area contributed by atoms with Crippen LogP contribution in [0.5, 0.6) is 0 Å². The zero-order valence-corrected chi connectivity index (χ0v) is 19.0. The summed E-state index contributed by atoms with van der Waals surface area (Å²) in [5.41, 5.74) is 0.571. The van der Waals surface area contributed by atoms with Gasteiger partial charge in [-0.25, -0.2) is 17.6 Å². The van der Waals surface area contributed by atoms with Gasteiger partial charge in [0.05, 0.1) is 12.6 Å². The number of rotatable bonds is 7. The van der Waals surface area contributed by atoms with E-state index in [9.17, 15) is 18.0 Å². The van der Waals surface area contributed by atoms with Crippen molar-refractivity contribution in [2.75, 3.05) is 12.3 Å². The van der Waals surface area contributed by atoms with Gasteiger partial charge >= 0.3 is 0 Å². The topological polar surface area (TPSA) is 32.3 Å². The molecule has 0 bridgehead atoms. The smallest absolute Gasteiger partial charge is 0.283 e. The first-order valence-corrected chi connectivity index (χ1v) is 11.9. The summed E-state index contributed by atoms with van der Waals surface area (Å²) in [6.45, 7) is 1.15. The maximum absolute atomic E-state index is 15.5. The molecule has 32 heavy (non-hydrogen) atoms. The Balaban J connectivity index is 1.68. The van der Waals surface area contributed by atoms with E-state index in [4.69, 9.17) is 11.6 Å². The number of hydrogen-bond acceptors (Lipinski definition) is 3. The average Bonchev–Trinajstić information content (AvgIpc) is 3.53. The number of hydrogen-bond donors (Lipinski definition) is 1. The number of alkyl halides is 2. The van der Waals surface area contributed by atoms with E-state index in [1.807, 2.05) is 6.92 Å². The monoisotopic (exact) mass is 486 g/mol. The average molecular weight is 487 g/mol. The van der Waals surface area contributed by atoms with E-state index >= 15 is 4.39 Å². The molecule has 4 rings (SSSR count). The molecule has 2 aromatic carbocycles. The maximum Gasteiger partial charge on any atom is 0.283 e. The summed E-state index contributed by atoms with van der Waals surface area (Å²) in [6.07, 6.45) is 1.30. The second-order valence-corrected chi connectivity index (χ2v) is 9.78. The molecule has 1 aliphatic heterocycles. The van der Waals surface area contributed by atoms with E-state index in [0.29, 0.717) is 18.6 Å². The van der Waals surface area contributed by atoms with E-state index in [0.717, 1.165) is 18.0 Å². The molecule has 1 saturated heterocycles. The van der Waals surface area contributed by atoms with Gasteiger partial charge in [-0.05, 0) is 48.6 Å². The highest BCUT2D eigenvalue weighted by Gasteiger charge is 2.57. The van der Waals surface area contributed by atoms with Crippen molar-refractivity contribution in [2.45, 2.75) is 44.2 Å². The van der Waals surface area contributed by atoms with Crippen LogP contribution in [0.2, 0.25) is 5.02 Å². The van der Waals surface area contributed by atoms with Crippen LogP contribution in [0.3, 0.4) is 0 Å². The molecule has 1 heterocycles. The minimum atomic E-state index is -3.14. The Labute approximate surface area is 193 Å². The summed E-state index contributed by atoms with van der Waals surface area (Å²) in [5.74, 6) is -4.33. The molecule has 2 fully saturated rings. The molecule has 1 aliphatic carbocycles. The Hall–Kier alpha value is -1.77. The molecule has 172 valence electrons. The Morgan fingerprint density at radius 3 is 2.66 bits per heavy atom. The summed E-state index contributed by atoms with van der Waals surface area (Å²) < 4.78 is 61.9. The molecule has 0 spiro atoms. The van der Waals surface area contributed by atoms with Crippen molar-refractivity contribution in [1.29, 1.82) is 0 Å². The molecule has 1 unspecified atom stereocenters. The van der Waals surface area contributed by atoms with Crippen molar-refractivity contribution in [2.24, 2.45) is 5.92 Å². The highest BCUT2D eigenvalue weighted by atomic mass is 35.5. The normalized spacial score (nSPS) is 22.4. The number of nitrogens with zero attached hydrogens (tertiary/aromatic N) is 1. The second kappa shape index (κ2) is 9.23. The van der Waals surface area contributed by atoms with Gasteiger partial charge in [0.25, 0.3) is 5.92 Å².